The number of halogens is 2. The SMILES string of the molecule is O=C(c1cc(F)cnc1Cl)N(CC1CCCCC1)C1CC1. The van der Waals surface area contributed by atoms with Crippen LogP contribution >= 0.6 is 11.6 Å². The van der Waals surface area contributed by atoms with Gasteiger partial charge in [0, 0.05) is 12.6 Å². The number of nitrogens with zero attached hydrogens (tertiary/aromatic N) is 2. The molecule has 3 nitrogen and oxygen atoms in total. The molecule has 114 valence electrons. The maximum absolute atomic E-state index is 13.4. The fraction of sp³-hybridized carbons (Fsp3) is 0.625. The van der Waals surface area contributed by atoms with Crippen LogP contribution in [0.15, 0.2) is 12.3 Å². The van der Waals surface area contributed by atoms with E-state index >= 15 is 0 Å². The second kappa shape index (κ2) is 6.30. The van der Waals surface area contributed by atoms with Crippen molar-refractivity contribution in [3.63, 3.8) is 0 Å². The van der Waals surface area contributed by atoms with Gasteiger partial charge in [0.15, 0.2) is 0 Å². The van der Waals surface area contributed by atoms with Crippen LogP contribution in [0.4, 0.5) is 4.39 Å². The van der Waals surface area contributed by atoms with Gasteiger partial charge in [-0.25, -0.2) is 9.37 Å². The molecule has 0 bridgehead atoms. The number of hydrogen-bond donors (Lipinski definition) is 0. The van der Waals surface area contributed by atoms with E-state index < -0.39 is 5.82 Å². The van der Waals surface area contributed by atoms with Gasteiger partial charge in [0.1, 0.15) is 11.0 Å². The normalized spacial score (nSPS) is 19.5. The fourth-order valence-electron chi connectivity index (χ4n) is 3.16. The number of hydrogen-bond acceptors (Lipinski definition) is 2. The molecular weight excluding hydrogens is 291 g/mol. The van der Waals surface area contributed by atoms with E-state index in [1.165, 1.54) is 38.2 Å². The lowest BCUT2D eigenvalue weighted by atomic mass is 9.89. The summed E-state index contributed by atoms with van der Waals surface area (Å²) in [5.74, 6) is -0.111. The summed E-state index contributed by atoms with van der Waals surface area (Å²) in [5, 5.41) is 0.0932. The summed E-state index contributed by atoms with van der Waals surface area (Å²) in [4.78, 5) is 18.4. The summed E-state index contributed by atoms with van der Waals surface area (Å²) in [6.45, 7) is 0.774. The van der Waals surface area contributed by atoms with Crippen LogP contribution in [0.5, 0.6) is 0 Å². The quantitative estimate of drug-likeness (QED) is 0.786. The molecular formula is C16H20ClFN2O. The molecule has 0 radical (unpaired) electrons. The molecule has 5 heteroatoms. The molecule has 21 heavy (non-hydrogen) atoms. The van der Waals surface area contributed by atoms with Crippen molar-refractivity contribution in [2.45, 2.75) is 51.0 Å². The molecule has 0 atom stereocenters. The zero-order valence-corrected chi connectivity index (χ0v) is 12.8. The standard InChI is InChI=1S/C16H20ClFN2O/c17-15-14(8-12(18)9-19-15)16(21)20(13-6-7-13)10-11-4-2-1-3-5-11/h8-9,11,13H,1-7,10H2. The van der Waals surface area contributed by atoms with E-state index in [9.17, 15) is 9.18 Å². The van der Waals surface area contributed by atoms with Gasteiger partial charge in [-0.1, -0.05) is 30.9 Å². The first kappa shape index (κ1) is 14.8. The van der Waals surface area contributed by atoms with Crippen LogP contribution in [0.2, 0.25) is 5.15 Å². The van der Waals surface area contributed by atoms with E-state index in [-0.39, 0.29) is 16.6 Å². The molecule has 1 heterocycles. The van der Waals surface area contributed by atoms with Crippen LogP contribution < -0.4 is 0 Å². The van der Waals surface area contributed by atoms with Crippen LogP contribution in [0.25, 0.3) is 0 Å². The van der Waals surface area contributed by atoms with Crippen molar-refractivity contribution in [1.29, 1.82) is 0 Å². The molecule has 2 saturated carbocycles. The minimum Gasteiger partial charge on any atom is -0.335 e. The van der Waals surface area contributed by atoms with Crippen molar-refractivity contribution in [1.82, 2.24) is 9.88 Å². The largest absolute Gasteiger partial charge is 0.335 e. The minimum atomic E-state index is -0.517. The zero-order valence-electron chi connectivity index (χ0n) is 12.0. The lowest BCUT2D eigenvalue weighted by molar-refractivity contribution is 0.0698. The van der Waals surface area contributed by atoms with Crippen molar-refractivity contribution in [3.05, 3.63) is 28.8 Å². The van der Waals surface area contributed by atoms with Crippen molar-refractivity contribution in [2.75, 3.05) is 6.54 Å². The average molecular weight is 311 g/mol. The van der Waals surface area contributed by atoms with Crippen molar-refractivity contribution < 1.29 is 9.18 Å². The summed E-state index contributed by atoms with van der Waals surface area (Å²) in [6, 6.07) is 1.51. The van der Waals surface area contributed by atoms with Crippen LogP contribution in [-0.2, 0) is 0 Å². The summed E-state index contributed by atoms with van der Waals surface area (Å²) < 4.78 is 13.4. The second-order valence-corrected chi connectivity index (χ2v) is 6.54. The minimum absolute atomic E-state index is 0.0932. The van der Waals surface area contributed by atoms with Crippen LogP contribution in [-0.4, -0.2) is 28.4 Å². The topological polar surface area (TPSA) is 33.2 Å². The summed E-state index contributed by atoms with van der Waals surface area (Å²) in [7, 11) is 0. The van der Waals surface area contributed by atoms with Crippen molar-refractivity contribution >= 4 is 17.5 Å². The summed E-state index contributed by atoms with van der Waals surface area (Å²) >= 11 is 5.98. The third-order valence-electron chi connectivity index (χ3n) is 4.46. The molecule has 2 aliphatic rings. The molecule has 1 aromatic rings. The Balaban J connectivity index is 1.76. The Kier molecular flexibility index (Phi) is 4.43. The molecule has 2 fully saturated rings. The molecule has 1 aromatic heterocycles. The predicted molar refractivity (Wildman–Crippen MR) is 79.8 cm³/mol. The summed E-state index contributed by atoms with van der Waals surface area (Å²) in [5.41, 5.74) is 0.194. The van der Waals surface area contributed by atoms with Gasteiger partial charge in [0.2, 0.25) is 0 Å². The van der Waals surface area contributed by atoms with Crippen molar-refractivity contribution in [3.8, 4) is 0 Å². The van der Waals surface area contributed by atoms with Crippen LogP contribution in [0.3, 0.4) is 0 Å². The second-order valence-electron chi connectivity index (χ2n) is 6.18. The lowest BCUT2D eigenvalue weighted by Crippen LogP contribution is -2.38. The van der Waals surface area contributed by atoms with Gasteiger partial charge >= 0.3 is 0 Å². The Morgan fingerprint density at radius 3 is 2.67 bits per heavy atom. The fourth-order valence-corrected chi connectivity index (χ4v) is 3.34. The highest BCUT2D eigenvalue weighted by molar-refractivity contribution is 6.32. The van der Waals surface area contributed by atoms with Gasteiger partial charge < -0.3 is 4.90 Å². The average Bonchev–Trinajstić information content (AvgIpc) is 3.32. The highest BCUT2D eigenvalue weighted by atomic mass is 35.5. The van der Waals surface area contributed by atoms with Gasteiger partial charge in [-0.15, -0.1) is 0 Å². The highest BCUT2D eigenvalue weighted by Gasteiger charge is 2.35. The van der Waals surface area contributed by atoms with Crippen LogP contribution in [0.1, 0.15) is 55.3 Å². The lowest BCUT2D eigenvalue weighted by Gasteiger charge is -2.30. The molecule has 0 aliphatic heterocycles. The molecule has 0 unspecified atom stereocenters. The predicted octanol–water partition coefficient (Wildman–Crippen LogP) is 4.06. The van der Waals surface area contributed by atoms with Gasteiger partial charge in [-0.3, -0.25) is 4.79 Å². The molecule has 2 aliphatic carbocycles. The van der Waals surface area contributed by atoms with Crippen molar-refractivity contribution in [2.24, 2.45) is 5.92 Å². The van der Waals surface area contributed by atoms with E-state index in [2.05, 4.69) is 4.98 Å². The van der Waals surface area contributed by atoms with Gasteiger partial charge in [-0.05, 0) is 37.7 Å². The maximum atomic E-state index is 13.4. The Morgan fingerprint density at radius 2 is 2.00 bits per heavy atom. The first-order chi connectivity index (χ1) is 10.1. The summed E-state index contributed by atoms with van der Waals surface area (Å²) in [6.07, 6.45) is 9.30. The number of pyridine rings is 1. The Labute approximate surface area is 129 Å². The number of aromatic nitrogens is 1. The number of carbonyl (C=O) groups excluding carboxylic acids is 1. The smallest absolute Gasteiger partial charge is 0.257 e. The molecule has 0 spiro atoms. The number of rotatable bonds is 4. The molecule has 3 rings (SSSR count). The third-order valence-corrected chi connectivity index (χ3v) is 4.77. The van der Waals surface area contributed by atoms with E-state index in [4.69, 9.17) is 11.6 Å². The molecule has 0 N–H and O–H groups in total. The first-order valence-electron chi connectivity index (χ1n) is 7.77. The zero-order chi connectivity index (χ0) is 14.8. The first-order valence-corrected chi connectivity index (χ1v) is 8.15. The maximum Gasteiger partial charge on any atom is 0.257 e. The van der Waals surface area contributed by atoms with Crippen LogP contribution in [0, 0.1) is 11.7 Å². The van der Waals surface area contributed by atoms with Gasteiger partial charge in [0.25, 0.3) is 5.91 Å². The third kappa shape index (κ3) is 3.54. The number of carbonyl (C=O) groups is 1. The van der Waals surface area contributed by atoms with Gasteiger partial charge in [-0.2, -0.15) is 0 Å². The molecule has 0 saturated heterocycles. The van der Waals surface area contributed by atoms with E-state index in [0.717, 1.165) is 25.6 Å². The Morgan fingerprint density at radius 1 is 1.29 bits per heavy atom. The Hall–Kier alpha value is -1.16. The van der Waals surface area contributed by atoms with Gasteiger partial charge in [0.05, 0.1) is 11.8 Å². The monoisotopic (exact) mass is 310 g/mol. The van der Waals surface area contributed by atoms with E-state index in [0.29, 0.717) is 12.0 Å². The molecule has 1 amide bonds. The number of amides is 1. The molecule has 0 aromatic carbocycles. The Bertz CT molecular complexity index is 527. The van der Waals surface area contributed by atoms with E-state index in [1.54, 1.807) is 0 Å². The highest BCUT2D eigenvalue weighted by Crippen LogP contribution is 2.33. The van der Waals surface area contributed by atoms with E-state index in [1.807, 2.05) is 4.90 Å².